The van der Waals surface area contributed by atoms with Crippen LogP contribution in [0.15, 0.2) is 22.8 Å². The molecule has 0 aliphatic heterocycles. The first kappa shape index (κ1) is 15.5. The number of thiazole rings is 1. The Morgan fingerprint density at radius 1 is 1.35 bits per heavy atom. The third-order valence-corrected chi connectivity index (χ3v) is 4.25. The number of aromatic nitrogens is 1. The first-order chi connectivity index (χ1) is 9.60. The van der Waals surface area contributed by atoms with Crippen molar-refractivity contribution in [2.45, 2.75) is 33.9 Å². The summed E-state index contributed by atoms with van der Waals surface area (Å²) in [6.45, 7) is 8.52. The Balaban J connectivity index is 2.16. The zero-order valence-electron chi connectivity index (χ0n) is 12.0. The molecular weight excluding hydrogens is 336 g/mol. The van der Waals surface area contributed by atoms with E-state index in [2.05, 4.69) is 52.2 Å². The second kappa shape index (κ2) is 7.20. The van der Waals surface area contributed by atoms with Gasteiger partial charge in [0.2, 0.25) is 0 Å². The Morgan fingerprint density at radius 2 is 2.15 bits per heavy atom. The zero-order valence-corrected chi connectivity index (χ0v) is 14.4. The van der Waals surface area contributed by atoms with E-state index in [9.17, 15) is 0 Å². The van der Waals surface area contributed by atoms with Crippen LogP contribution in [0.3, 0.4) is 0 Å². The van der Waals surface area contributed by atoms with Crippen molar-refractivity contribution >= 4 is 27.3 Å². The highest BCUT2D eigenvalue weighted by Crippen LogP contribution is 2.29. The number of nitrogens with zero attached hydrogens (tertiary/aromatic N) is 1. The molecule has 1 aromatic heterocycles. The average molecular weight is 355 g/mol. The van der Waals surface area contributed by atoms with Crippen LogP contribution in [0, 0.1) is 13.8 Å². The summed E-state index contributed by atoms with van der Waals surface area (Å²) in [4.78, 5) is 5.41. The smallest absolute Gasteiger partial charge is 0.127 e. The van der Waals surface area contributed by atoms with Crippen molar-refractivity contribution < 1.29 is 4.74 Å². The molecule has 0 atom stereocenters. The highest BCUT2D eigenvalue weighted by molar-refractivity contribution is 9.10. The average Bonchev–Trinajstić information content (AvgIpc) is 2.80. The predicted octanol–water partition coefficient (Wildman–Crippen LogP) is 4.21. The lowest BCUT2D eigenvalue weighted by Gasteiger charge is -2.14. The van der Waals surface area contributed by atoms with E-state index in [1.54, 1.807) is 11.3 Å². The standard InChI is InChI=1S/C15H19BrN2OS/c1-4-17-7-12-6-13(16)5-10(2)15(12)19-9-14-8-18-11(3)20-14/h5-6,8,17H,4,7,9H2,1-3H3. The van der Waals surface area contributed by atoms with Gasteiger partial charge in [-0.15, -0.1) is 11.3 Å². The van der Waals surface area contributed by atoms with Gasteiger partial charge in [0.1, 0.15) is 12.4 Å². The molecule has 2 rings (SSSR count). The van der Waals surface area contributed by atoms with E-state index in [1.807, 2.05) is 13.1 Å². The van der Waals surface area contributed by atoms with E-state index >= 15 is 0 Å². The summed E-state index contributed by atoms with van der Waals surface area (Å²) in [5.41, 5.74) is 2.33. The second-order valence-corrected chi connectivity index (χ2v) is 6.86. The normalized spacial score (nSPS) is 10.8. The number of benzene rings is 1. The minimum Gasteiger partial charge on any atom is -0.487 e. The third-order valence-electron chi connectivity index (χ3n) is 2.91. The number of hydrogen-bond acceptors (Lipinski definition) is 4. The largest absolute Gasteiger partial charge is 0.487 e. The Hall–Kier alpha value is -0.910. The van der Waals surface area contributed by atoms with Crippen LogP contribution in [0.4, 0.5) is 0 Å². The van der Waals surface area contributed by atoms with Gasteiger partial charge in [-0.1, -0.05) is 22.9 Å². The predicted molar refractivity (Wildman–Crippen MR) is 87.4 cm³/mol. The van der Waals surface area contributed by atoms with E-state index in [0.717, 1.165) is 38.8 Å². The molecule has 0 aliphatic carbocycles. The molecule has 1 aromatic carbocycles. The zero-order chi connectivity index (χ0) is 14.5. The molecule has 2 aromatic rings. The number of rotatable bonds is 6. The third kappa shape index (κ3) is 4.04. The van der Waals surface area contributed by atoms with Crippen LogP contribution in [-0.4, -0.2) is 11.5 Å². The highest BCUT2D eigenvalue weighted by atomic mass is 79.9. The molecule has 0 amide bonds. The SMILES string of the molecule is CCNCc1cc(Br)cc(C)c1OCc1cnc(C)s1. The van der Waals surface area contributed by atoms with E-state index < -0.39 is 0 Å². The molecule has 0 spiro atoms. The summed E-state index contributed by atoms with van der Waals surface area (Å²) in [6.07, 6.45) is 1.89. The van der Waals surface area contributed by atoms with Crippen LogP contribution in [0.5, 0.6) is 5.75 Å². The Kier molecular flexibility index (Phi) is 5.57. The number of ether oxygens (including phenoxy) is 1. The van der Waals surface area contributed by atoms with Crippen molar-refractivity contribution in [3.63, 3.8) is 0 Å². The lowest BCUT2D eigenvalue weighted by molar-refractivity contribution is 0.303. The van der Waals surface area contributed by atoms with Crippen molar-refractivity contribution in [1.82, 2.24) is 10.3 Å². The number of halogens is 1. The second-order valence-electron chi connectivity index (χ2n) is 4.63. The van der Waals surface area contributed by atoms with Gasteiger partial charge in [-0.3, -0.25) is 0 Å². The molecule has 0 unspecified atom stereocenters. The van der Waals surface area contributed by atoms with Gasteiger partial charge in [0.25, 0.3) is 0 Å². The maximum absolute atomic E-state index is 6.03. The fraction of sp³-hybridized carbons (Fsp3) is 0.400. The molecule has 0 saturated heterocycles. The fourth-order valence-electron chi connectivity index (χ4n) is 2.01. The van der Waals surface area contributed by atoms with Crippen LogP contribution in [0.2, 0.25) is 0 Å². The molecule has 20 heavy (non-hydrogen) atoms. The topological polar surface area (TPSA) is 34.1 Å². The first-order valence-corrected chi connectivity index (χ1v) is 8.25. The quantitative estimate of drug-likeness (QED) is 0.843. The van der Waals surface area contributed by atoms with Crippen LogP contribution >= 0.6 is 27.3 Å². The molecule has 0 saturated carbocycles. The molecule has 3 nitrogen and oxygen atoms in total. The van der Waals surface area contributed by atoms with E-state index in [0.29, 0.717) is 6.61 Å². The molecule has 5 heteroatoms. The summed E-state index contributed by atoms with van der Waals surface area (Å²) < 4.78 is 7.12. The van der Waals surface area contributed by atoms with Gasteiger partial charge >= 0.3 is 0 Å². The summed E-state index contributed by atoms with van der Waals surface area (Å²) in [7, 11) is 0. The van der Waals surface area contributed by atoms with Gasteiger partial charge in [0.05, 0.1) is 9.88 Å². The van der Waals surface area contributed by atoms with Crippen molar-refractivity contribution in [1.29, 1.82) is 0 Å². The fourth-order valence-corrected chi connectivity index (χ4v) is 3.34. The van der Waals surface area contributed by atoms with Gasteiger partial charge < -0.3 is 10.1 Å². The molecule has 108 valence electrons. The minimum absolute atomic E-state index is 0.576. The van der Waals surface area contributed by atoms with E-state index in [4.69, 9.17) is 4.74 Å². The number of aryl methyl sites for hydroxylation is 2. The minimum atomic E-state index is 0.576. The molecule has 0 bridgehead atoms. The van der Waals surface area contributed by atoms with E-state index in [-0.39, 0.29) is 0 Å². The summed E-state index contributed by atoms with van der Waals surface area (Å²) in [5.74, 6) is 0.972. The number of hydrogen-bond donors (Lipinski definition) is 1. The summed E-state index contributed by atoms with van der Waals surface area (Å²) in [5, 5.41) is 4.42. The van der Waals surface area contributed by atoms with Crippen LogP contribution in [-0.2, 0) is 13.2 Å². The molecule has 1 N–H and O–H groups in total. The summed E-state index contributed by atoms with van der Waals surface area (Å²) in [6, 6.07) is 4.20. The lowest BCUT2D eigenvalue weighted by atomic mass is 10.1. The van der Waals surface area contributed by atoms with Gasteiger partial charge in [0.15, 0.2) is 0 Å². The van der Waals surface area contributed by atoms with E-state index in [1.165, 1.54) is 5.56 Å². The Labute approximate surface area is 132 Å². The van der Waals surface area contributed by atoms with Gasteiger partial charge in [-0.25, -0.2) is 4.98 Å². The molecule has 0 aliphatic rings. The molecule has 0 radical (unpaired) electrons. The maximum Gasteiger partial charge on any atom is 0.127 e. The molecule has 1 heterocycles. The molecule has 0 fully saturated rings. The van der Waals surface area contributed by atoms with Gasteiger partial charge in [0, 0.05) is 22.8 Å². The van der Waals surface area contributed by atoms with Crippen molar-refractivity contribution in [2.24, 2.45) is 0 Å². The molecular formula is C15H19BrN2OS. The van der Waals surface area contributed by atoms with Crippen LogP contribution in [0.25, 0.3) is 0 Å². The summed E-state index contributed by atoms with van der Waals surface area (Å²) >= 11 is 5.23. The first-order valence-electron chi connectivity index (χ1n) is 6.64. The van der Waals surface area contributed by atoms with Crippen LogP contribution in [0.1, 0.15) is 27.9 Å². The number of nitrogens with one attached hydrogen (secondary N) is 1. The van der Waals surface area contributed by atoms with Crippen molar-refractivity contribution in [3.05, 3.63) is 43.8 Å². The monoisotopic (exact) mass is 354 g/mol. The van der Waals surface area contributed by atoms with Crippen molar-refractivity contribution in [3.8, 4) is 5.75 Å². The highest BCUT2D eigenvalue weighted by Gasteiger charge is 2.10. The maximum atomic E-state index is 6.03. The van der Waals surface area contributed by atoms with Gasteiger partial charge in [-0.05, 0) is 38.1 Å². The Bertz CT molecular complexity index is 583. The Morgan fingerprint density at radius 3 is 2.80 bits per heavy atom. The van der Waals surface area contributed by atoms with Crippen molar-refractivity contribution in [2.75, 3.05) is 6.54 Å². The lowest BCUT2D eigenvalue weighted by Crippen LogP contribution is -2.13. The van der Waals surface area contributed by atoms with Crippen LogP contribution < -0.4 is 10.1 Å². The van der Waals surface area contributed by atoms with Gasteiger partial charge in [-0.2, -0.15) is 0 Å².